The number of fused-ring (bicyclic) bond motifs is 1. The Hall–Kier alpha value is -3.43. The second-order valence-corrected chi connectivity index (χ2v) is 10.4. The van der Waals surface area contributed by atoms with E-state index < -0.39 is 47.4 Å². The molecule has 3 atom stereocenters. The molecule has 1 heterocycles. The van der Waals surface area contributed by atoms with Gasteiger partial charge in [-0.15, -0.1) is 0 Å². The molecule has 2 aromatic carbocycles. The first-order valence-corrected chi connectivity index (χ1v) is 12.9. The summed E-state index contributed by atoms with van der Waals surface area (Å²) >= 11 is 0. The van der Waals surface area contributed by atoms with Gasteiger partial charge in [-0.1, -0.05) is 56.2 Å². The second kappa shape index (κ2) is 12.4. The number of nitrogens with two attached hydrogens (primary N) is 2. The van der Waals surface area contributed by atoms with Crippen LogP contribution in [0.5, 0.6) is 11.5 Å². The van der Waals surface area contributed by atoms with E-state index in [0.717, 1.165) is 12.0 Å². The van der Waals surface area contributed by atoms with E-state index >= 15 is 0 Å². The molecule has 0 saturated carbocycles. The summed E-state index contributed by atoms with van der Waals surface area (Å²) in [4.78, 5) is 40.9. The van der Waals surface area contributed by atoms with Gasteiger partial charge in [0.1, 0.15) is 11.5 Å². The average Bonchev–Trinajstić information content (AvgIpc) is 3.35. The summed E-state index contributed by atoms with van der Waals surface area (Å²) in [5.41, 5.74) is 10.4. The van der Waals surface area contributed by atoms with Crippen LogP contribution in [0, 0.1) is 5.92 Å². The highest BCUT2D eigenvalue weighted by Crippen LogP contribution is 2.41. The smallest absolute Gasteiger partial charge is 0.321 e. The van der Waals surface area contributed by atoms with Crippen LogP contribution >= 0.6 is 0 Å². The monoisotopic (exact) mass is 526 g/mol. The van der Waals surface area contributed by atoms with Crippen molar-refractivity contribution >= 4 is 17.7 Å². The van der Waals surface area contributed by atoms with Gasteiger partial charge >= 0.3 is 11.9 Å². The van der Waals surface area contributed by atoms with E-state index in [2.05, 4.69) is 0 Å². The minimum Gasteiger partial charge on any atom is -0.460 e. The zero-order chi connectivity index (χ0) is 27.9. The van der Waals surface area contributed by atoms with E-state index in [4.69, 9.17) is 30.4 Å². The summed E-state index contributed by atoms with van der Waals surface area (Å²) < 4.78 is 22.5. The molecule has 0 radical (unpaired) electrons. The number of carbonyl (C=O) groups is 3. The van der Waals surface area contributed by atoms with Crippen molar-refractivity contribution in [2.75, 3.05) is 13.3 Å². The highest BCUT2D eigenvalue weighted by molar-refractivity contribution is 5.99. The number of carbonyl (C=O) groups excluding carboxylic acids is 3. The Bertz CT molecular complexity index is 1130. The number of ketones is 1. The van der Waals surface area contributed by atoms with Crippen molar-refractivity contribution in [3.63, 3.8) is 0 Å². The van der Waals surface area contributed by atoms with Gasteiger partial charge in [0.25, 0.3) is 0 Å². The van der Waals surface area contributed by atoms with E-state index in [-0.39, 0.29) is 19.6 Å². The Morgan fingerprint density at radius 1 is 1.00 bits per heavy atom. The molecule has 0 saturated heterocycles. The van der Waals surface area contributed by atoms with Crippen molar-refractivity contribution in [1.82, 2.24) is 0 Å². The van der Waals surface area contributed by atoms with E-state index in [9.17, 15) is 14.4 Å². The van der Waals surface area contributed by atoms with Crippen LogP contribution in [0.3, 0.4) is 0 Å². The number of rotatable bonds is 12. The third-order valence-electron chi connectivity index (χ3n) is 6.27. The zero-order valence-electron chi connectivity index (χ0n) is 22.5. The van der Waals surface area contributed by atoms with Gasteiger partial charge in [0.2, 0.25) is 12.4 Å². The molecule has 9 nitrogen and oxygen atoms in total. The summed E-state index contributed by atoms with van der Waals surface area (Å²) in [6.45, 7) is 6.83. The molecular formula is C29H38N2O7. The molecule has 2 unspecified atom stereocenters. The van der Waals surface area contributed by atoms with Crippen molar-refractivity contribution < 1.29 is 33.3 Å². The summed E-state index contributed by atoms with van der Waals surface area (Å²) in [6, 6.07) is 12.7. The van der Waals surface area contributed by atoms with Gasteiger partial charge in [0, 0.05) is 5.56 Å². The molecule has 4 N–H and O–H groups in total. The number of hydrogen-bond donors (Lipinski definition) is 2. The molecular weight excluding hydrogens is 488 g/mol. The minimum absolute atomic E-state index is 0.110. The van der Waals surface area contributed by atoms with Gasteiger partial charge in [-0.25, -0.2) is 0 Å². The zero-order valence-corrected chi connectivity index (χ0v) is 22.5. The van der Waals surface area contributed by atoms with Gasteiger partial charge in [0.05, 0.1) is 12.6 Å². The molecule has 0 bridgehead atoms. The molecule has 9 heteroatoms. The number of ether oxygens (including phenoxy) is 4. The highest BCUT2D eigenvalue weighted by Gasteiger charge is 2.55. The summed E-state index contributed by atoms with van der Waals surface area (Å²) in [5.74, 6) is -2.08. The van der Waals surface area contributed by atoms with Crippen LogP contribution < -0.4 is 20.9 Å². The molecule has 1 aliphatic heterocycles. The summed E-state index contributed by atoms with van der Waals surface area (Å²) in [6.07, 6.45) is 1.68. The van der Waals surface area contributed by atoms with E-state index in [0.29, 0.717) is 23.5 Å². The Morgan fingerprint density at radius 2 is 1.68 bits per heavy atom. The Morgan fingerprint density at radius 3 is 2.32 bits per heavy atom. The van der Waals surface area contributed by atoms with Crippen LogP contribution in [0.1, 0.15) is 58.1 Å². The number of benzene rings is 2. The lowest BCUT2D eigenvalue weighted by Gasteiger charge is -2.40. The summed E-state index contributed by atoms with van der Waals surface area (Å²) in [5, 5.41) is 0. The molecule has 0 amide bonds. The number of esters is 2. The molecule has 0 aliphatic carbocycles. The lowest BCUT2D eigenvalue weighted by atomic mass is 9.72. The molecule has 2 aromatic rings. The van der Waals surface area contributed by atoms with Crippen molar-refractivity contribution in [2.45, 2.75) is 70.6 Å². The molecule has 0 fully saturated rings. The van der Waals surface area contributed by atoms with Gasteiger partial charge in [-0.3, -0.25) is 14.4 Å². The predicted molar refractivity (Wildman–Crippen MR) is 141 cm³/mol. The van der Waals surface area contributed by atoms with Gasteiger partial charge in [-0.2, -0.15) is 0 Å². The Balaban J connectivity index is 2.13. The van der Waals surface area contributed by atoms with Crippen LogP contribution in [0.4, 0.5) is 0 Å². The van der Waals surface area contributed by atoms with Crippen LogP contribution in [-0.4, -0.2) is 42.7 Å². The maximum absolute atomic E-state index is 14.4. The number of unbranched alkanes of at least 4 members (excludes halogenated alkanes) is 1. The van der Waals surface area contributed by atoms with Crippen LogP contribution in [0.25, 0.3) is 0 Å². The van der Waals surface area contributed by atoms with Crippen molar-refractivity contribution in [2.24, 2.45) is 17.4 Å². The maximum Gasteiger partial charge on any atom is 0.321 e. The fourth-order valence-corrected chi connectivity index (χ4v) is 4.56. The standard InChI is InChI=1S/C29H38N2O7/c1-5-6-12-21(27(34)38-28(2,3)4)29(37-25(32)17-30,20-10-8-7-9-11-20)26(33)22(31)15-19-13-14-23-24(16-19)36-18-35-23/h7-11,13-14,16,21-22H,5-6,12,15,17-18,30-31H2,1-4H3/t21?,22-,29?/m0/s1. The van der Waals surface area contributed by atoms with E-state index in [1.807, 2.05) is 6.92 Å². The van der Waals surface area contributed by atoms with Gasteiger partial charge in [0.15, 0.2) is 17.3 Å². The predicted octanol–water partition coefficient (Wildman–Crippen LogP) is 3.40. The highest BCUT2D eigenvalue weighted by atomic mass is 16.7. The Labute approximate surface area is 223 Å². The van der Waals surface area contributed by atoms with E-state index in [1.54, 1.807) is 69.3 Å². The first kappa shape index (κ1) is 29.1. The maximum atomic E-state index is 14.4. The largest absolute Gasteiger partial charge is 0.460 e. The van der Waals surface area contributed by atoms with Crippen molar-refractivity contribution in [3.05, 3.63) is 59.7 Å². The topological polar surface area (TPSA) is 140 Å². The van der Waals surface area contributed by atoms with Crippen molar-refractivity contribution in [1.29, 1.82) is 0 Å². The molecule has 206 valence electrons. The normalized spacial score (nSPS) is 15.7. The average molecular weight is 527 g/mol. The molecule has 1 aliphatic rings. The number of hydrogen-bond acceptors (Lipinski definition) is 9. The lowest BCUT2D eigenvalue weighted by Crippen LogP contribution is -2.57. The minimum atomic E-state index is -2.04. The van der Waals surface area contributed by atoms with E-state index in [1.165, 1.54) is 0 Å². The van der Waals surface area contributed by atoms with Crippen LogP contribution in [-0.2, 0) is 35.9 Å². The molecule has 38 heavy (non-hydrogen) atoms. The lowest BCUT2D eigenvalue weighted by molar-refractivity contribution is -0.189. The fraction of sp³-hybridized carbons (Fsp3) is 0.483. The van der Waals surface area contributed by atoms with Crippen LogP contribution in [0.15, 0.2) is 48.5 Å². The number of Topliss-reactive ketones (excluding diaryl/α,β-unsaturated/α-hetero) is 1. The quantitative estimate of drug-likeness (QED) is 0.398. The van der Waals surface area contributed by atoms with Crippen molar-refractivity contribution in [3.8, 4) is 11.5 Å². The van der Waals surface area contributed by atoms with Gasteiger partial charge in [-0.05, 0) is 51.3 Å². The molecule has 0 aromatic heterocycles. The van der Waals surface area contributed by atoms with Gasteiger partial charge < -0.3 is 30.4 Å². The second-order valence-electron chi connectivity index (χ2n) is 10.4. The Kier molecular flexibility index (Phi) is 9.51. The molecule has 3 rings (SSSR count). The molecule has 0 spiro atoms. The fourth-order valence-electron chi connectivity index (χ4n) is 4.56. The first-order valence-electron chi connectivity index (χ1n) is 12.9. The third-order valence-corrected chi connectivity index (χ3v) is 6.27. The third kappa shape index (κ3) is 6.71. The first-order chi connectivity index (χ1) is 18.0. The van der Waals surface area contributed by atoms with Crippen LogP contribution in [0.2, 0.25) is 0 Å². The summed E-state index contributed by atoms with van der Waals surface area (Å²) in [7, 11) is 0. The SMILES string of the molecule is CCCCC(C(=O)OC(C)(C)C)C(OC(=O)CN)(C(=O)[C@@H](N)Cc1ccc2c(c1)OCO2)c1ccccc1.